The number of likely N-dealkylation sites (tertiary alicyclic amines) is 1. The maximum absolute atomic E-state index is 13.1. The summed E-state index contributed by atoms with van der Waals surface area (Å²) in [4.78, 5) is 31.2. The Morgan fingerprint density at radius 3 is 2.47 bits per heavy atom. The second kappa shape index (κ2) is 9.68. The van der Waals surface area contributed by atoms with E-state index in [1.807, 2.05) is 13.0 Å². The quantitative estimate of drug-likeness (QED) is 0.715. The standard InChI is InChI=1S/C22H28N4O4S2/c1-16-5-6-19(23-14-16)24-21(27)17-7-11-26(12-8-17)32(29,30)20-13-18(15-31-20)22(28)25-9-3-2-4-10-25/h5-6,13-15,17H,2-4,7-12H2,1H3,(H,23,24,27). The minimum atomic E-state index is -3.68. The van der Waals surface area contributed by atoms with Crippen LogP contribution in [0.15, 0.2) is 34.0 Å². The van der Waals surface area contributed by atoms with Crippen molar-refractivity contribution in [1.29, 1.82) is 0 Å². The van der Waals surface area contributed by atoms with Crippen LogP contribution in [-0.2, 0) is 14.8 Å². The fraction of sp³-hybridized carbons (Fsp3) is 0.500. The lowest BCUT2D eigenvalue weighted by molar-refractivity contribution is -0.120. The van der Waals surface area contributed by atoms with Crippen LogP contribution in [0.3, 0.4) is 0 Å². The molecule has 0 spiro atoms. The first-order chi connectivity index (χ1) is 15.3. The molecule has 2 aromatic rings. The number of hydrogen-bond donors (Lipinski definition) is 1. The van der Waals surface area contributed by atoms with Crippen LogP contribution in [0.4, 0.5) is 5.82 Å². The number of carbonyl (C=O) groups excluding carboxylic acids is 2. The number of anilines is 1. The number of aromatic nitrogens is 1. The summed E-state index contributed by atoms with van der Waals surface area (Å²) in [5.41, 5.74) is 1.45. The summed E-state index contributed by atoms with van der Waals surface area (Å²) in [5.74, 6) is 0.00991. The number of nitrogens with zero attached hydrogens (tertiary/aromatic N) is 3. The third kappa shape index (κ3) is 5.02. The van der Waals surface area contributed by atoms with E-state index in [0.29, 0.717) is 24.2 Å². The number of thiophene rings is 1. The Kier molecular flexibility index (Phi) is 6.92. The Morgan fingerprint density at radius 1 is 1.09 bits per heavy atom. The molecule has 172 valence electrons. The second-order valence-corrected chi connectivity index (χ2v) is 11.5. The molecule has 2 saturated heterocycles. The summed E-state index contributed by atoms with van der Waals surface area (Å²) < 4.78 is 27.8. The van der Waals surface area contributed by atoms with Gasteiger partial charge in [0.25, 0.3) is 15.9 Å². The van der Waals surface area contributed by atoms with Crippen LogP contribution in [0, 0.1) is 12.8 Å². The molecular formula is C22H28N4O4S2. The van der Waals surface area contributed by atoms with Crippen LogP contribution in [0.1, 0.15) is 48.0 Å². The fourth-order valence-electron chi connectivity index (χ4n) is 4.10. The predicted octanol–water partition coefficient (Wildman–Crippen LogP) is 3.12. The topological polar surface area (TPSA) is 99.7 Å². The highest BCUT2D eigenvalue weighted by Gasteiger charge is 2.33. The minimum Gasteiger partial charge on any atom is -0.339 e. The molecule has 0 unspecified atom stereocenters. The van der Waals surface area contributed by atoms with Crippen molar-refractivity contribution >= 4 is 39.0 Å². The highest BCUT2D eigenvalue weighted by Crippen LogP contribution is 2.29. The molecule has 4 heterocycles. The first-order valence-corrected chi connectivity index (χ1v) is 13.3. The fourth-order valence-corrected chi connectivity index (χ4v) is 6.88. The number of piperidine rings is 2. The van der Waals surface area contributed by atoms with Gasteiger partial charge in [0.1, 0.15) is 10.0 Å². The number of rotatable bonds is 5. The van der Waals surface area contributed by atoms with Crippen LogP contribution in [0.5, 0.6) is 0 Å². The molecule has 2 aliphatic heterocycles. The van der Waals surface area contributed by atoms with Crippen molar-refractivity contribution in [3.63, 3.8) is 0 Å². The van der Waals surface area contributed by atoms with Crippen molar-refractivity contribution in [3.05, 3.63) is 40.9 Å². The lowest BCUT2D eigenvalue weighted by Gasteiger charge is -2.30. The molecule has 8 nitrogen and oxygen atoms in total. The molecular weight excluding hydrogens is 448 g/mol. The van der Waals surface area contributed by atoms with Gasteiger partial charge < -0.3 is 10.2 Å². The summed E-state index contributed by atoms with van der Waals surface area (Å²) >= 11 is 1.09. The SMILES string of the molecule is Cc1ccc(NC(=O)C2CCN(S(=O)(=O)c3cc(C(=O)N4CCCCC4)cs3)CC2)nc1. The average Bonchev–Trinajstić information content (AvgIpc) is 3.32. The van der Waals surface area contributed by atoms with Crippen molar-refractivity contribution < 1.29 is 18.0 Å². The molecule has 0 bridgehead atoms. The first kappa shape index (κ1) is 22.9. The first-order valence-electron chi connectivity index (χ1n) is 11.0. The van der Waals surface area contributed by atoms with Crippen LogP contribution in [0.25, 0.3) is 0 Å². The Bertz CT molecular complexity index is 1070. The van der Waals surface area contributed by atoms with Crippen LogP contribution >= 0.6 is 11.3 Å². The molecule has 2 amide bonds. The van der Waals surface area contributed by atoms with Crippen LogP contribution in [0.2, 0.25) is 0 Å². The van der Waals surface area contributed by atoms with Gasteiger partial charge >= 0.3 is 0 Å². The second-order valence-electron chi connectivity index (χ2n) is 8.40. The molecule has 10 heteroatoms. The molecule has 4 rings (SSSR count). The third-order valence-corrected chi connectivity index (χ3v) is 9.36. The highest BCUT2D eigenvalue weighted by molar-refractivity contribution is 7.91. The maximum Gasteiger partial charge on any atom is 0.254 e. The predicted molar refractivity (Wildman–Crippen MR) is 123 cm³/mol. The summed E-state index contributed by atoms with van der Waals surface area (Å²) in [5, 5.41) is 4.45. The zero-order chi connectivity index (χ0) is 22.7. The molecule has 32 heavy (non-hydrogen) atoms. The number of hydrogen-bond acceptors (Lipinski definition) is 6. The minimum absolute atomic E-state index is 0.0949. The van der Waals surface area contributed by atoms with Crippen molar-refractivity contribution in [1.82, 2.24) is 14.2 Å². The maximum atomic E-state index is 13.1. The van der Waals surface area contributed by atoms with Crippen molar-refractivity contribution in [2.75, 3.05) is 31.5 Å². The van der Waals surface area contributed by atoms with Gasteiger partial charge in [0, 0.05) is 43.7 Å². The number of pyridine rings is 1. The van der Waals surface area contributed by atoms with Gasteiger partial charge in [-0.15, -0.1) is 11.3 Å². The van der Waals surface area contributed by atoms with E-state index >= 15 is 0 Å². The molecule has 0 aliphatic carbocycles. The molecule has 2 aromatic heterocycles. The number of nitrogens with one attached hydrogen (secondary N) is 1. The molecule has 2 fully saturated rings. The van der Waals surface area contributed by atoms with E-state index in [4.69, 9.17) is 0 Å². The summed E-state index contributed by atoms with van der Waals surface area (Å²) in [6.07, 6.45) is 5.69. The molecule has 0 atom stereocenters. The largest absolute Gasteiger partial charge is 0.339 e. The Labute approximate surface area is 192 Å². The van der Waals surface area contributed by atoms with Gasteiger partial charge in [0.2, 0.25) is 5.91 Å². The van der Waals surface area contributed by atoms with Gasteiger partial charge in [-0.3, -0.25) is 9.59 Å². The zero-order valence-corrected chi connectivity index (χ0v) is 19.8. The van der Waals surface area contributed by atoms with E-state index in [2.05, 4.69) is 10.3 Å². The Balaban J connectivity index is 1.35. The molecule has 1 N–H and O–H groups in total. The molecule has 0 aromatic carbocycles. The van der Waals surface area contributed by atoms with Gasteiger partial charge in [-0.05, 0) is 56.7 Å². The van der Waals surface area contributed by atoms with Crippen molar-refractivity contribution in [2.45, 2.75) is 43.2 Å². The van der Waals surface area contributed by atoms with E-state index in [1.165, 1.54) is 10.4 Å². The smallest absolute Gasteiger partial charge is 0.254 e. The van der Waals surface area contributed by atoms with E-state index in [0.717, 1.165) is 49.3 Å². The Hall–Kier alpha value is -2.30. The monoisotopic (exact) mass is 476 g/mol. The van der Waals surface area contributed by atoms with E-state index < -0.39 is 10.0 Å². The van der Waals surface area contributed by atoms with Crippen LogP contribution in [-0.4, -0.2) is 60.6 Å². The van der Waals surface area contributed by atoms with E-state index in [-0.39, 0.29) is 35.0 Å². The molecule has 0 radical (unpaired) electrons. The van der Waals surface area contributed by atoms with Gasteiger partial charge in [-0.25, -0.2) is 13.4 Å². The number of sulfonamides is 1. The summed E-state index contributed by atoms with van der Waals surface area (Å²) in [6, 6.07) is 5.13. The zero-order valence-electron chi connectivity index (χ0n) is 18.1. The summed E-state index contributed by atoms with van der Waals surface area (Å²) in [7, 11) is -3.68. The van der Waals surface area contributed by atoms with Crippen LogP contribution < -0.4 is 5.32 Å². The lowest BCUT2D eigenvalue weighted by atomic mass is 9.97. The molecule has 0 saturated carbocycles. The van der Waals surface area contributed by atoms with Gasteiger partial charge in [-0.2, -0.15) is 4.31 Å². The average molecular weight is 477 g/mol. The van der Waals surface area contributed by atoms with E-state index in [1.54, 1.807) is 22.5 Å². The summed E-state index contributed by atoms with van der Waals surface area (Å²) in [6.45, 7) is 3.92. The number of aryl methyl sites for hydroxylation is 1. The van der Waals surface area contributed by atoms with Gasteiger partial charge in [0.05, 0.1) is 5.56 Å². The van der Waals surface area contributed by atoms with E-state index in [9.17, 15) is 18.0 Å². The number of amides is 2. The van der Waals surface area contributed by atoms with Gasteiger partial charge in [-0.1, -0.05) is 6.07 Å². The van der Waals surface area contributed by atoms with Gasteiger partial charge in [0.15, 0.2) is 0 Å². The molecule has 2 aliphatic rings. The normalized spacial score (nSPS) is 18.5. The highest BCUT2D eigenvalue weighted by atomic mass is 32.2. The Morgan fingerprint density at radius 2 is 1.81 bits per heavy atom. The van der Waals surface area contributed by atoms with Crippen molar-refractivity contribution in [2.24, 2.45) is 5.92 Å². The lowest BCUT2D eigenvalue weighted by Crippen LogP contribution is -2.41. The third-order valence-electron chi connectivity index (χ3n) is 6.05. The van der Waals surface area contributed by atoms with Crippen molar-refractivity contribution in [3.8, 4) is 0 Å². The number of carbonyl (C=O) groups is 2.